The predicted octanol–water partition coefficient (Wildman–Crippen LogP) is 3.56. The topological polar surface area (TPSA) is 93.7 Å². The van der Waals surface area contributed by atoms with E-state index in [0.717, 1.165) is 19.3 Å². The van der Waals surface area contributed by atoms with Crippen molar-refractivity contribution in [2.75, 3.05) is 13.2 Å². The van der Waals surface area contributed by atoms with Gasteiger partial charge < -0.3 is 20.1 Å². The van der Waals surface area contributed by atoms with Crippen molar-refractivity contribution < 1.29 is 23.9 Å². The van der Waals surface area contributed by atoms with E-state index >= 15 is 0 Å². The van der Waals surface area contributed by atoms with Gasteiger partial charge in [-0.2, -0.15) is 0 Å². The summed E-state index contributed by atoms with van der Waals surface area (Å²) in [5, 5.41) is 5.33. The molecule has 0 fully saturated rings. The SMILES string of the molecule is CCCCOC(=O)C(CCC)NC(=O)C(CCC)NC(=O)OCC(C)(C)C. The average Bonchev–Trinajstić information content (AvgIpc) is 2.58. The van der Waals surface area contributed by atoms with Gasteiger partial charge in [-0.05, 0) is 24.7 Å². The first-order valence-electron chi connectivity index (χ1n) is 10.0. The van der Waals surface area contributed by atoms with Crippen molar-refractivity contribution in [3.63, 3.8) is 0 Å². The number of hydrogen-bond donors (Lipinski definition) is 2. The van der Waals surface area contributed by atoms with Crippen molar-refractivity contribution in [2.24, 2.45) is 5.41 Å². The van der Waals surface area contributed by atoms with Crippen LogP contribution < -0.4 is 10.6 Å². The average molecular weight is 387 g/mol. The Kier molecular flexibility index (Phi) is 12.5. The van der Waals surface area contributed by atoms with Gasteiger partial charge in [-0.25, -0.2) is 9.59 Å². The lowest BCUT2D eigenvalue weighted by molar-refractivity contribution is -0.148. The summed E-state index contributed by atoms with van der Waals surface area (Å²) in [4.78, 5) is 36.8. The van der Waals surface area contributed by atoms with E-state index in [1.807, 2.05) is 41.5 Å². The van der Waals surface area contributed by atoms with Crippen molar-refractivity contribution >= 4 is 18.0 Å². The van der Waals surface area contributed by atoms with E-state index < -0.39 is 30.1 Å². The summed E-state index contributed by atoms with van der Waals surface area (Å²) in [5.74, 6) is -0.820. The molecule has 7 nitrogen and oxygen atoms in total. The monoisotopic (exact) mass is 386 g/mol. The van der Waals surface area contributed by atoms with Gasteiger partial charge in [0.25, 0.3) is 0 Å². The Balaban J connectivity index is 4.79. The van der Waals surface area contributed by atoms with Crippen molar-refractivity contribution in [1.29, 1.82) is 0 Å². The highest BCUT2D eigenvalue weighted by molar-refractivity contribution is 5.89. The Hall–Kier alpha value is -1.79. The molecule has 0 aliphatic heterocycles. The van der Waals surface area contributed by atoms with Crippen LogP contribution >= 0.6 is 0 Å². The summed E-state index contributed by atoms with van der Waals surface area (Å²) in [5.41, 5.74) is -0.158. The van der Waals surface area contributed by atoms with Crippen molar-refractivity contribution in [3.05, 3.63) is 0 Å². The highest BCUT2D eigenvalue weighted by Gasteiger charge is 2.27. The van der Waals surface area contributed by atoms with Crippen LogP contribution in [0.15, 0.2) is 0 Å². The van der Waals surface area contributed by atoms with Crippen LogP contribution in [0.5, 0.6) is 0 Å². The third-order valence-electron chi connectivity index (χ3n) is 3.74. The van der Waals surface area contributed by atoms with E-state index in [-0.39, 0.29) is 12.0 Å². The Bertz CT molecular complexity index is 460. The van der Waals surface area contributed by atoms with Crippen molar-refractivity contribution in [3.8, 4) is 0 Å². The molecule has 0 aromatic rings. The standard InChI is InChI=1S/C20H38N2O5/c1-7-10-13-26-18(24)16(12-9-3)21-17(23)15(11-8-2)22-19(25)27-14-20(4,5)6/h15-16H,7-14H2,1-6H3,(H,21,23)(H,22,25). The van der Waals surface area contributed by atoms with Crippen molar-refractivity contribution in [2.45, 2.75) is 92.2 Å². The number of alkyl carbamates (subject to hydrolysis) is 1. The van der Waals surface area contributed by atoms with Gasteiger partial charge in [0.15, 0.2) is 0 Å². The minimum Gasteiger partial charge on any atom is -0.464 e. The summed E-state index contributed by atoms with van der Waals surface area (Å²) in [7, 11) is 0. The van der Waals surface area contributed by atoms with Crippen molar-refractivity contribution in [1.82, 2.24) is 10.6 Å². The molecule has 0 saturated heterocycles. The van der Waals surface area contributed by atoms with Gasteiger partial charge in [-0.15, -0.1) is 0 Å². The van der Waals surface area contributed by atoms with E-state index in [1.54, 1.807) is 0 Å². The number of esters is 1. The third-order valence-corrected chi connectivity index (χ3v) is 3.74. The Morgan fingerprint density at radius 2 is 1.44 bits per heavy atom. The van der Waals surface area contributed by atoms with Crippen LogP contribution in [0.25, 0.3) is 0 Å². The molecule has 27 heavy (non-hydrogen) atoms. The Morgan fingerprint density at radius 1 is 0.852 bits per heavy atom. The van der Waals surface area contributed by atoms with Crippen LogP contribution in [0, 0.1) is 5.41 Å². The van der Waals surface area contributed by atoms with Gasteiger partial charge in [0.2, 0.25) is 5.91 Å². The van der Waals surface area contributed by atoms with E-state index in [0.29, 0.717) is 25.9 Å². The number of unbranched alkanes of at least 4 members (excludes halogenated alkanes) is 1. The smallest absolute Gasteiger partial charge is 0.407 e. The normalized spacial score (nSPS) is 13.4. The van der Waals surface area contributed by atoms with Crippen LogP contribution in [-0.4, -0.2) is 43.3 Å². The second-order valence-electron chi connectivity index (χ2n) is 7.99. The molecular formula is C20H38N2O5. The lowest BCUT2D eigenvalue weighted by Crippen LogP contribution is -2.52. The zero-order valence-corrected chi connectivity index (χ0v) is 17.9. The molecule has 0 aromatic carbocycles. The molecule has 2 atom stereocenters. The van der Waals surface area contributed by atoms with Crippen LogP contribution in [0.3, 0.4) is 0 Å². The fraction of sp³-hybridized carbons (Fsp3) is 0.850. The summed E-state index contributed by atoms with van der Waals surface area (Å²) in [6.07, 6.45) is 3.47. The second-order valence-corrected chi connectivity index (χ2v) is 7.99. The molecule has 0 aromatic heterocycles. The number of amides is 2. The maximum atomic E-state index is 12.6. The van der Waals surface area contributed by atoms with Gasteiger partial charge in [-0.1, -0.05) is 60.8 Å². The minimum atomic E-state index is -0.745. The molecule has 158 valence electrons. The number of rotatable bonds is 12. The maximum absolute atomic E-state index is 12.6. The molecule has 2 N–H and O–H groups in total. The van der Waals surface area contributed by atoms with Crippen LogP contribution in [0.2, 0.25) is 0 Å². The summed E-state index contributed by atoms with van der Waals surface area (Å²) in [6.45, 7) is 12.3. The van der Waals surface area contributed by atoms with E-state index in [1.165, 1.54) is 0 Å². The summed E-state index contributed by atoms with van der Waals surface area (Å²) in [6, 6.07) is -1.45. The first-order valence-corrected chi connectivity index (χ1v) is 10.0. The molecule has 0 heterocycles. The number of carbonyl (C=O) groups is 3. The van der Waals surface area contributed by atoms with Gasteiger partial charge in [-0.3, -0.25) is 4.79 Å². The Labute approximate surface area is 163 Å². The lowest BCUT2D eigenvalue weighted by atomic mass is 9.99. The molecule has 0 aliphatic rings. The van der Waals surface area contributed by atoms with Gasteiger partial charge in [0, 0.05) is 0 Å². The molecule has 0 rings (SSSR count). The molecule has 0 radical (unpaired) electrons. The molecule has 2 amide bonds. The molecule has 0 saturated carbocycles. The quantitative estimate of drug-likeness (QED) is 0.395. The van der Waals surface area contributed by atoms with E-state index in [4.69, 9.17) is 9.47 Å². The van der Waals surface area contributed by atoms with Crippen LogP contribution in [0.4, 0.5) is 4.79 Å². The van der Waals surface area contributed by atoms with E-state index in [9.17, 15) is 14.4 Å². The first-order chi connectivity index (χ1) is 12.6. The number of hydrogen-bond acceptors (Lipinski definition) is 5. The summed E-state index contributed by atoms with van der Waals surface area (Å²) < 4.78 is 10.4. The number of carbonyl (C=O) groups excluding carboxylic acids is 3. The largest absolute Gasteiger partial charge is 0.464 e. The molecule has 2 unspecified atom stereocenters. The van der Waals surface area contributed by atoms with Crippen LogP contribution in [-0.2, 0) is 19.1 Å². The predicted molar refractivity (Wildman–Crippen MR) is 105 cm³/mol. The molecular weight excluding hydrogens is 348 g/mol. The Morgan fingerprint density at radius 3 is 1.96 bits per heavy atom. The van der Waals surface area contributed by atoms with Gasteiger partial charge in [0.1, 0.15) is 12.1 Å². The van der Waals surface area contributed by atoms with Gasteiger partial charge in [0.05, 0.1) is 13.2 Å². The molecule has 0 aliphatic carbocycles. The highest BCUT2D eigenvalue weighted by Crippen LogP contribution is 2.13. The van der Waals surface area contributed by atoms with Crippen LogP contribution in [0.1, 0.15) is 80.1 Å². The summed E-state index contributed by atoms with van der Waals surface area (Å²) >= 11 is 0. The first kappa shape index (κ1) is 25.2. The lowest BCUT2D eigenvalue weighted by Gasteiger charge is -2.23. The van der Waals surface area contributed by atoms with E-state index in [2.05, 4.69) is 10.6 Å². The minimum absolute atomic E-state index is 0.158. The second kappa shape index (κ2) is 13.4. The molecule has 0 spiro atoms. The number of ether oxygens (including phenoxy) is 2. The van der Waals surface area contributed by atoms with Gasteiger partial charge >= 0.3 is 12.1 Å². The maximum Gasteiger partial charge on any atom is 0.407 e. The zero-order chi connectivity index (χ0) is 20.9. The number of nitrogens with one attached hydrogen (secondary N) is 2. The fourth-order valence-corrected chi connectivity index (χ4v) is 2.25. The highest BCUT2D eigenvalue weighted by atomic mass is 16.5. The zero-order valence-electron chi connectivity index (χ0n) is 17.9. The fourth-order valence-electron chi connectivity index (χ4n) is 2.25. The molecule has 0 bridgehead atoms. The molecule has 7 heteroatoms. The third kappa shape index (κ3) is 12.3.